The van der Waals surface area contributed by atoms with Gasteiger partial charge in [-0.05, 0) is 19.3 Å². The fourth-order valence-electron chi connectivity index (χ4n) is 2.44. The average molecular weight is 243 g/mol. The molecular formula is C13H25NO3. The Morgan fingerprint density at radius 3 is 2.53 bits per heavy atom. The largest absolute Gasteiger partial charge is 0.481 e. The number of rotatable bonds is 6. The molecule has 0 aromatic carbocycles. The first-order valence-electron chi connectivity index (χ1n) is 6.65. The summed E-state index contributed by atoms with van der Waals surface area (Å²) >= 11 is 0. The molecule has 4 nitrogen and oxygen atoms in total. The maximum atomic E-state index is 11.5. The number of carboxylic acid groups (broad SMARTS) is 1. The van der Waals surface area contributed by atoms with E-state index in [-0.39, 0.29) is 6.10 Å². The molecular weight excluding hydrogens is 218 g/mol. The molecule has 0 saturated carbocycles. The minimum absolute atomic E-state index is 0.268. The summed E-state index contributed by atoms with van der Waals surface area (Å²) in [4.78, 5) is 13.7. The van der Waals surface area contributed by atoms with E-state index >= 15 is 0 Å². The second-order valence-electron chi connectivity index (χ2n) is 4.93. The fraction of sp³-hybridized carbons (Fsp3) is 0.923. The van der Waals surface area contributed by atoms with Crippen LogP contribution in [0.3, 0.4) is 0 Å². The van der Waals surface area contributed by atoms with Gasteiger partial charge in [0.2, 0.25) is 0 Å². The van der Waals surface area contributed by atoms with Gasteiger partial charge in [-0.15, -0.1) is 0 Å². The molecule has 100 valence electrons. The van der Waals surface area contributed by atoms with Crippen LogP contribution in [0, 0.1) is 5.41 Å². The van der Waals surface area contributed by atoms with Crippen molar-refractivity contribution in [1.29, 1.82) is 0 Å². The van der Waals surface area contributed by atoms with Crippen molar-refractivity contribution in [2.75, 3.05) is 26.2 Å². The van der Waals surface area contributed by atoms with Crippen LogP contribution < -0.4 is 0 Å². The Bertz CT molecular complexity index is 251. The Morgan fingerprint density at radius 2 is 2.06 bits per heavy atom. The lowest BCUT2D eigenvalue weighted by molar-refractivity contribution is -0.152. The number of aliphatic carboxylic acids is 1. The van der Waals surface area contributed by atoms with Gasteiger partial charge in [-0.2, -0.15) is 0 Å². The summed E-state index contributed by atoms with van der Waals surface area (Å²) in [6.07, 6.45) is 2.64. The summed E-state index contributed by atoms with van der Waals surface area (Å²) in [5.41, 5.74) is -0.588. The van der Waals surface area contributed by atoms with E-state index in [2.05, 4.69) is 11.8 Å². The van der Waals surface area contributed by atoms with Crippen LogP contribution in [0.1, 0.15) is 40.0 Å². The number of morpholine rings is 1. The number of carboxylic acids is 1. The van der Waals surface area contributed by atoms with Crippen LogP contribution in [-0.4, -0.2) is 48.3 Å². The molecule has 1 heterocycles. The monoisotopic (exact) mass is 243 g/mol. The van der Waals surface area contributed by atoms with Gasteiger partial charge in [0.25, 0.3) is 0 Å². The van der Waals surface area contributed by atoms with E-state index in [1.54, 1.807) is 0 Å². The van der Waals surface area contributed by atoms with Gasteiger partial charge in [0, 0.05) is 19.6 Å². The van der Waals surface area contributed by atoms with Crippen molar-refractivity contribution in [3.63, 3.8) is 0 Å². The van der Waals surface area contributed by atoms with Gasteiger partial charge in [0.1, 0.15) is 0 Å². The van der Waals surface area contributed by atoms with E-state index in [0.717, 1.165) is 26.1 Å². The third kappa shape index (κ3) is 3.42. The first-order valence-corrected chi connectivity index (χ1v) is 6.65. The van der Waals surface area contributed by atoms with Crippen LogP contribution in [0.15, 0.2) is 0 Å². The SMILES string of the molecule is CCC1CN(CC(CC)(CC)C(=O)O)CCO1. The topological polar surface area (TPSA) is 49.8 Å². The molecule has 1 fully saturated rings. The lowest BCUT2D eigenvalue weighted by atomic mass is 9.81. The predicted molar refractivity (Wildman–Crippen MR) is 67.1 cm³/mol. The molecule has 1 unspecified atom stereocenters. The van der Waals surface area contributed by atoms with Gasteiger partial charge in [-0.1, -0.05) is 20.8 Å². The molecule has 0 spiro atoms. The van der Waals surface area contributed by atoms with Gasteiger partial charge < -0.3 is 9.84 Å². The Labute approximate surface area is 104 Å². The van der Waals surface area contributed by atoms with Gasteiger partial charge in [-0.3, -0.25) is 9.69 Å². The van der Waals surface area contributed by atoms with E-state index in [1.165, 1.54) is 0 Å². The summed E-state index contributed by atoms with van der Waals surface area (Å²) in [5.74, 6) is -0.665. The standard InChI is InChI=1S/C13H25NO3/c1-4-11-9-14(7-8-17-11)10-13(5-2,6-3)12(15)16/h11H,4-10H2,1-3H3,(H,15,16). The van der Waals surface area contributed by atoms with E-state index in [1.807, 2.05) is 13.8 Å². The van der Waals surface area contributed by atoms with E-state index < -0.39 is 11.4 Å². The Balaban J connectivity index is 2.63. The minimum atomic E-state index is -0.665. The van der Waals surface area contributed by atoms with Crippen molar-refractivity contribution < 1.29 is 14.6 Å². The summed E-state index contributed by atoms with van der Waals surface area (Å²) in [5, 5.41) is 9.42. The third-order valence-corrected chi connectivity index (χ3v) is 4.01. The number of hydrogen-bond acceptors (Lipinski definition) is 3. The molecule has 1 N–H and O–H groups in total. The molecule has 0 aromatic heterocycles. The Hall–Kier alpha value is -0.610. The van der Waals surface area contributed by atoms with Crippen LogP contribution in [0.2, 0.25) is 0 Å². The minimum Gasteiger partial charge on any atom is -0.481 e. The first kappa shape index (κ1) is 14.5. The van der Waals surface area contributed by atoms with Gasteiger partial charge >= 0.3 is 5.97 Å². The van der Waals surface area contributed by atoms with Crippen molar-refractivity contribution in [2.24, 2.45) is 5.41 Å². The lowest BCUT2D eigenvalue weighted by Gasteiger charge is -2.38. The van der Waals surface area contributed by atoms with Crippen LogP contribution >= 0.6 is 0 Å². The maximum absolute atomic E-state index is 11.5. The highest BCUT2D eigenvalue weighted by Gasteiger charge is 2.37. The zero-order valence-corrected chi connectivity index (χ0v) is 11.2. The second kappa shape index (κ2) is 6.36. The average Bonchev–Trinajstić information content (AvgIpc) is 2.36. The maximum Gasteiger partial charge on any atom is 0.310 e. The highest BCUT2D eigenvalue weighted by atomic mass is 16.5. The second-order valence-corrected chi connectivity index (χ2v) is 4.93. The van der Waals surface area contributed by atoms with Crippen LogP contribution in [-0.2, 0) is 9.53 Å². The third-order valence-electron chi connectivity index (χ3n) is 4.01. The summed E-state index contributed by atoms with van der Waals surface area (Å²) in [7, 11) is 0. The first-order chi connectivity index (χ1) is 8.07. The molecule has 1 rings (SSSR count). The lowest BCUT2D eigenvalue weighted by Crippen LogP contribution is -2.49. The predicted octanol–water partition coefficient (Wildman–Crippen LogP) is 1.99. The summed E-state index contributed by atoms with van der Waals surface area (Å²) in [6, 6.07) is 0. The normalized spacial score (nSPS) is 22.6. The van der Waals surface area contributed by atoms with Crippen LogP contribution in [0.4, 0.5) is 0 Å². The smallest absolute Gasteiger partial charge is 0.310 e. The molecule has 1 atom stereocenters. The number of nitrogens with zero attached hydrogens (tertiary/aromatic N) is 1. The molecule has 1 aliphatic rings. The number of hydrogen-bond donors (Lipinski definition) is 1. The van der Waals surface area contributed by atoms with E-state index in [9.17, 15) is 9.90 Å². The molecule has 0 bridgehead atoms. The Morgan fingerprint density at radius 1 is 1.41 bits per heavy atom. The molecule has 17 heavy (non-hydrogen) atoms. The molecule has 0 radical (unpaired) electrons. The van der Waals surface area contributed by atoms with Crippen molar-refractivity contribution >= 4 is 5.97 Å². The summed E-state index contributed by atoms with van der Waals surface area (Å²) in [6.45, 7) is 9.14. The molecule has 1 saturated heterocycles. The fourth-order valence-corrected chi connectivity index (χ4v) is 2.44. The molecule has 0 amide bonds. The van der Waals surface area contributed by atoms with Gasteiger partial charge in [0.05, 0.1) is 18.1 Å². The van der Waals surface area contributed by atoms with Crippen LogP contribution in [0.5, 0.6) is 0 Å². The van der Waals surface area contributed by atoms with Crippen molar-refractivity contribution in [3.05, 3.63) is 0 Å². The Kier molecular flexibility index (Phi) is 5.40. The van der Waals surface area contributed by atoms with E-state index in [4.69, 9.17) is 4.74 Å². The van der Waals surface area contributed by atoms with Crippen molar-refractivity contribution in [1.82, 2.24) is 4.90 Å². The quantitative estimate of drug-likeness (QED) is 0.775. The van der Waals surface area contributed by atoms with Crippen LogP contribution in [0.25, 0.3) is 0 Å². The molecule has 0 aromatic rings. The highest BCUT2D eigenvalue weighted by Crippen LogP contribution is 2.28. The van der Waals surface area contributed by atoms with Gasteiger partial charge in [0.15, 0.2) is 0 Å². The van der Waals surface area contributed by atoms with Crippen molar-refractivity contribution in [3.8, 4) is 0 Å². The summed E-state index contributed by atoms with van der Waals surface area (Å²) < 4.78 is 5.61. The number of carbonyl (C=O) groups is 1. The zero-order chi connectivity index (χ0) is 12.9. The molecule has 1 aliphatic heterocycles. The van der Waals surface area contributed by atoms with Gasteiger partial charge in [-0.25, -0.2) is 0 Å². The molecule has 0 aliphatic carbocycles. The molecule has 4 heteroatoms. The zero-order valence-electron chi connectivity index (χ0n) is 11.2. The number of ether oxygens (including phenoxy) is 1. The van der Waals surface area contributed by atoms with Crippen molar-refractivity contribution in [2.45, 2.75) is 46.1 Å². The highest BCUT2D eigenvalue weighted by molar-refractivity contribution is 5.74. The van der Waals surface area contributed by atoms with E-state index in [0.29, 0.717) is 19.4 Å².